The van der Waals surface area contributed by atoms with Crippen LogP contribution in [0.15, 0.2) is 28.7 Å². The first-order valence-corrected chi connectivity index (χ1v) is 8.33. The van der Waals surface area contributed by atoms with E-state index >= 15 is 0 Å². The van der Waals surface area contributed by atoms with Crippen molar-refractivity contribution < 1.29 is 4.74 Å². The molecule has 1 aliphatic carbocycles. The zero-order valence-corrected chi connectivity index (χ0v) is 13.5. The van der Waals surface area contributed by atoms with E-state index in [2.05, 4.69) is 22.0 Å². The van der Waals surface area contributed by atoms with Crippen LogP contribution >= 0.6 is 15.9 Å². The van der Waals surface area contributed by atoms with Crippen molar-refractivity contribution in [3.8, 4) is 11.8 Å². The Morgan fingerprint density at radius 3 is 2.50 bits per heavy atom. The first-order valence-electron chi connectivity index (χ1n) is 7.54. The summed E-state index contributed by atoms with van der Waals surface area (Å²) < 4.78 is 6.83. The molecule has 0 radical (unpaired) electrons. The van der Waals surface area contributed by atoms with E-state index in [1.165, 1.54) is 32.1 Å². The van der Waals surface area contributed by atoms with Crippen molar-refractivity contribution in [2.24, 2.45) is 5.41 Å². The van der Waals surface area contributed by atoms with Crippen LogP contribution in [0.2, 0.25) is 0 Å². The number of hydrogen-bond donors (Lipinski definition) is 0. The highest BCUT2D eigenvalue weighted by Crippen LogP contribution is 2.36. The quantitative estimate of drug-likeness (QED) is 0.730. The molecule has 0 unspecified atom stereocenters. The summed E-state index contributed by atoms with van der Waals surface area (Å²) >= 11 is 3.44. The van der Waals surface area contributed by atoms with Crippen molar-refractivity contribution in [3.05, 3.63) is 28.7 Å². The van der Waals surface area contributed by atoms with E-state index in [-0.39, 0.29) is 5.41 Å². The molecule has 0 aliphatic heterocycles. The van der Waals surface area contributed by atoms with Gasteiger partial charge in [-0.3, -0.25) is 0 Å². The second-order valence-electron chi connectivity index (χ2n) is 5.72. The molecular weight excluding hydrogens is 314 g/mol. The second-order valence-corrected chi connectivity index (χ2v) is 6.63. The summed E-state index contributed by atoms with van der Waals surface area (Å²) in [5.74, 6) is 0.873. The Morgan fingerprint density at radius 2 is 1.85 bits per heavy atom. The van der Waals surface area contributed by atoms with Crippen LogP contribution < -0.4 is 4.74 Å². The molecule has 0 spiro atoms. The molecule has 1 aliphatic rings. The lowest BCUT2D eigenvalue weighted by atomic mass is 9.75. The Labute approximate surface area is 130 Å². The van der Waals surface area contributed by atoms with E-state index in [0.29, 0.717) is 6.61 Å². The summed E-state index contributed by atoms with van der Waals surface area (Å²) in [6.07, 6.45) is 9.16. The van der Waals surface area contributed by atoms with Gasteiger partial charge in [0.2, 0.25) is 0 Å². The van der Waals surface area contributed by atoms with Crippen molar-refractivity contribution in [1.82, 2.24) is 0 Å². The zero-order chi connectivity index (χ0) is 14.3. The van der Waals surface area contributed by atoms with Gasteiger partial charge in [0.05, 0.1) is 18.1 Å². The molecule has 0 bridgehead atoms. The third-order valence-electron chi connectivity index (χ3n) is 4.19. The normalized spacial score (nSPS) is 18.6. The molecule has 20 heavy (non-hydrogen) atoms. The topological polar surface area (TPSA) is 33.0 Å². The van der Waals surface area contributed by atoms with Gasteiger partial charge in [0, 0.05) is 10.9 Å². The van der Waals surface area contributed by atoms with Gasteiger partial charge in [-0.15, -0.1) is 0 Å². The Kier molecular flexibility index (Phi) is 5.91. The monoisotopic (exact) mass is 335 g/mol. The number of ether oxygens (including phenoxy) is 1. The largest absolute Gasteiger partial charge is 0.493 e. The van der Waals surface area contributed by atoms with Gasteiger partial charge in [-0.2, -0.15) is 5.26 Å². The lowest BCUT2D eigenvalue weighted by molar-refractivity contribution is 0.205. The van der Waals surface area contributed by atoms with Gasteiger partial charge in [0.15, 0.2) is 0 Å². The van der Waals surface area contributed by atoms with Crippen LogP contribution in [0, 0.1) is 16.7 Å². The van der Waals surface area contributed by atoms with E-state index in [1.807, 2.05) is 24.3 Å². The van der Waals surface area contributed by atoms with Gasteiger partial charge in [-0.05, 0) is 31.0 Å². The average molecular weight is 336 g/mol. The van der Waals surface area contributed by atoms with Crippen molar-refractivity contribution in [2.75, 3.05) is 6.61 Å². The summed E-state index contributed by atoms with van der Waals surface area (Å²) in [4.78, 5) is 0. The molecular formula is C17H22BrNO. The predicted molar refractivity (Wildman–Crippen MR) is 84.6 cm³/mol. The zero-order valence-electron chi connectivity index (χ0n) is 11.9. The highest BCUT2D eigenvalue weighted by atomic mass is 79.9. The molecule has 2 rings (SSSR count). The van der Waals surface area contributed by atoms with E-state index in [9.17, 15) is 5.26 Å². The summed E-state index contributed by atoms with van der Waals surface area (Å²) in [5.41, 5.74) is -0.160. The Bertz CT molecular complexity index is 458. The molecule has 0 saturated heterocycles. The Morgan fingerprint density at radius 1 is 1.15 bits per heavy atom. The highest BCUT2D eigenvalue weighted by molar-refractivity contribution is 9.10. The van der Waals surface area contributed by atoms with Crippen molar-refractivity contribution in [3.63, 3.8) is 0 Å². The first kappa shape index (κ1) is 15.4. The number of benzene rings is 1. The lowest BCUT2D eigenvalue weighted by Gasteiger charge is -2.28. The molecule has 1 aromatic carbocycles. The SMILES string of the molecule is N#CC1(CCOc2cccc(Br)c2)CCCCCCC1. The van der Waals surface area contributed by atoms with Gasteiger partial charge >= 0.3 is 0 Å². The summed E-state index contributed by atoms with van der Waals surface area (Å²) in [5, 5.41) is 9.59. The molecule has 3 heteroatoms. The van der Waals surface area contributed by atoms with Crippen LogP contribution in [0.4, 0.5) is 0 Å². The smallest absolute Gasteiger partial charge is 0.120 e. The predicted octanol–water partition coefficient (Wildman–Crippen LogP) is 5.47. The van der Waals surface area contributed by atoms with E-state index in [1.54, 1.807) is 0 Å². The lowest BCUT2D eigenvalue weighted by Crippen LogP contribution is -2.23. The maximum atomic E-state index is 9.59. The standard InChI is InChI=1S/C17H22BrNO/c18-15-7-6-8-16(13-15)20-12-11-17(14-19)9-4-2-1-3-5-10-17/h6-8,13H,1-5,9-12H2. The van der Waals surface area contributed by atoms with Crippen molar-refractivity contribution in [2.45, 2.75) is 51.4 Å². The molecule has 0 aromatic heterocycles. The molecule has 0 atom stereocenters. The molecule has 0 amide bonds. The summed E-state index contributed by atoms with van der Waals surface area (Å²) in [6.45, 7) is 0.629. The Hall–Kier alpha value is -1.01. The number of nitrogens with zero attached hydrogens (tertiary/aromatic N) is 1. The van der Waals surface area contributed by atoms with E-state index in [0.717, 1.165) is 29.5 Å². The third kappa shape index (κ3) is 4.52. The van der Waals surface area contributed by atoms with Gasteiger partial charge in [0.25, 0.3) is 0 Å². The number of rotatable bonds is 4. The van der Waals surface area contributed by atoms with Crippen molar-refractivity contribution >= 4 is 15.9 Å². The second kappa shape index (κ2) is 7.69. The maximum Gasteiger partial charge on any atom is 0.120 e. The minimum absolute atomic E-state index is 0.160. The molecule has 1 saturated carbocycles. The average Bonchev–Trinajstić information content (AvgIpc) is 2.42. The van der Waals surface area contributed by atoms with Crippen LogP contribution in [0.5, 0.6) is 5.75 Å². The van der Waals surface area contributed by atoms with E-state index in [4.69, 9.17) is 4.74 Å². The van der Waals surface area contributed by atoms with Gasteiger partial charge in [-0.25, -0.2) is 0 Å². The number of nitriles is 1. The molecule has 0 heterocycles. The molecule has 2 nitrogen and oxygen atoms in total. The third-order valence-corrected chi connectivity index (χ3v) is 4.69. The summed E-state index contributed by atoms with van der Waals surface area (Å²) in [6, 6.07) is 10.5. The van der Waals surface area contributed by atoms with Gasteiger partial charge in [0.1, 0.15) is 5.75 Å². The van der Waals surface area contributed by atoms with Crippen molar-refractivity contribution in [1.29, 1.82) is 5.26 Å². The van der Waals surface area contributed by atoms with Crippen LogP contribution in [0.3, 0.4) is 0 Å². The number of halogens is 1. The molecule has 1 fully saturated rings. The van der Waals surface area contributed by atoms with Gasteiger partial charge in [-0.1, -0.05) is 54.1 Å². The molecule has 108 valence electrons. The Balaban J connectivity index is 1.88. The maximum absolute atomic E-state index is 9.59. The molecule has 1 aromatic rings. The van der Waals surface area contributed by atoms with E-state index < -0.39 is 0 Å². The highest BCUT2D eigenvalue weighted by Gasteiger charge is 2.30. The van der Waals surface area contributed by atoms with Crippen LogP contribution in [0.25, 0.3) is 0 Å². The fraction of sp³-hybridized carbons (Fsp3) is 0.588. The van der Waals surface area contributed by atoms with Crippen LogP contribution in [0.1, 0.15) is 51.4 Å². The van der Waals surface area contributed by atoms with Crippen LogP contribution in [-0.2, 0) is 0 Å². The fourth-order valence-corrected chi connectivity index (χ4v) is 3.30. The first-order chi connectivity index (χ1) is 9.74. The fourth-order valence-electron chi connectivity index (χ4n) is 2.92. The molecule has 0 N–H and O–H groups in total. The minimum Gasteiger partial charge on any atom is -0.493 e. The van der Waals surface area contributed by atoms with Gasteiger partial charge < -0.3 is 4.74 Å². The van der Waals surface area contributed by atoms with Crippen LogP contribution in [-0.4, -0.2) is 6.61 Å². The summed E-state index contributed by atoms with van der Waals surface area (Å²) in [7, 11) is 0. The number of hydrogen-bond acceptors (Lipinski definition) is 2. The minimum atomic E-state index is -0.160.